The van der Waals surface area contributed by atoms with Gasteiger partial charge < -0.3 is 14.2 Å². The third-order valence-electron chi connectivity index (χ3n) is 4.57. The molecule has 0 saturated carbocycles. The zero-order valence-corrected chi connectivity index (χ0v) is 13.1. The Morgan fingerprint density at radius 2 is 2.14 bits per heavy atom. The van der Waals surface area contributed by atoms with E-state index < -0.39 is 15.1 Å². The minimum Gasteiger partial charge on any atom is -0.448 e. The number of rotatable bonds is 2. The normalized spacial score (nSPS) is 30.9. The van der Waals surface area contributed by atoms with E-state index in [1.807, 2.05) is 19.0 Å². The second kappa shape index (κ2) is 4.81. The maximum absolute atomic E-state index is 12.4. The van der Waals surface area contributed by atoms with Crippen molar-refractivity contribution in [2.75, 3.05) is 32.9 Å². The van der Waals surface area contributed by atoms with Crippen molar-refractivity contribution in [3.8, 4) is 0 Å². The Balaban J connectivity index is 1.85. The molecule has 3 atom stereocenters. The Bertz CT molecular complexity index is 667. The van der Waals surface area contributed by atoms with Gasteiger partial charge in [0.05, 0.1) is 11.0 Å². The van der Waals surface area contributed by atoms with E-state index in [0.717, 1.165) is 0 Å². The van der Waals surface area contributed by atoms with Crippen LogP contribution in [0.2, 0.25) is 0 Å². The van der Waals surface area contributed by atoms with Gasteiger partial charge in [-0.05, 0) is 21.0 Å². The van der Waals surface area contributed by atoms with Crippen LogP contribution in [-0.2, 0) is 9.84 Å². The molecule has 0 unspecified atom stereocenters. The molecule has 1 amide bonds. The van der Waals surface area contributed by atoms with Crippen LogP contribution in [0.5, 0.6) is 0 Å². The minimum absolute atomic E-state index is 0.0267. The van der Waals surface area contributed by atoms with E-state index >= 15 is 0 Å². The number of carbonyl (C=O) groups is 1. The second-order valence-electron chi connectivity index (χ2n) is 6.03. The molecule has 0 aromatic carbocycles. The molecule has 0 aliphatic carbocycles. The molecule has 116 valence electrons. The van der Waals surface area contributed by atoms with E-state index in [1.165, 1.54) is 6.39 Å². The summed E-state index contributed by atoms with van der Waals surface area (Å²) >= 11 is 0. The number of fused-ring (bicyclic) bond motifs is 1. The van der Waals surface area contributed by atoms with Gasteiger partial charge in [-0.25, -0.2) is 13.4 Å². The fraction of sp³-hybridized carbons (Fsp3) is 0.692. The fourth-order valence-electron chi connectivity index (χ4n) is 3.39. The van der Waals surface area contributed by atoms with Crippen LogP contribution in [0.4, 0.5) is 0 Å². The lowest BCUT2D eigenvalue weighted by Gasteiger charge is -2.24. The summed E-state index contributed by atoms with van der Waals surface area (Å²) in [7, 11) is 0.625. The van der Waals surface area contributed by atoms with E-state index in [0.29, 0.717) is 12.3 Å². The van der Waals surface area contributed by atoms with Crippen molar-refractivity contribution in [3.63, 3.8) is 0 Å². The maximum atomic E-state index is 12.4. The quantitative estimate of drug-likeness (QED) is 0.751. The SMILES string of the molecule is Cc1ocnc1C(=O)N1C[C@H]2[C@H](N(C)C)CS(=O)(=O)[C@H]2C1. The topological polar surface area (TPSA) is 83.7 Å². The van der Waals surface area contributed by atoms with E-state index in [4.69, 9.17) is 4.42 Å². The van der Waals surface area contributed by atoms with Gasteiger partial charge in [-0.3, -0.25) is 4.79 Å². The van der Waals surface area contributed by atoms with Crippen LogP contribution in [0.15, 0.2) is 10.8 Å². The molecule has 2 saturated heterocycles. The second-order valence-corrected chi connectivity index (χ2v) is 8.29. The number of hydrogen-bond acceptors (Lipinski definition) is 6. The molecular weight excluding hydrogens is 294 g/mol. The number of aryl methyl sites for hydroxylation is 1. The summed E-state index contributed by atoms with van der Waals surface area (Å²) in [6, 6.07) is -0.0313. The Labute approximate surface area is 123 Å². The van der Waals surface area contributed by atoms with Gasteiger partial charge >= 0.3 is 0 Å². The van der Waals surface area contributed by atoms with Gasteiger partial charge in [-0.2, -0.15) is 0 Å². The van der Waals surface area contributed by atoms with Gasteiger partial charge in [-0.1, -0.05) is 0 Å². The first kappa shape index (κ1) is 14.5. The summed E-state index contributed by atoms with van der Waals surface area (Å²) in [4.78, 5) is 19.9. The van der Waals surface area contributed by atoms with Crippen molar-refractivity contribution in [2.45, 2.75) is 18.2 Å². The number of aromatic nitrogens is 1. The van der Waals surface area contributed by atoms with Crippen LogP contribution < -0.4 is 0 Å². The van der Waals surface area contributed by atoms with Crippen molar-refractivity contribution in [3.05, 3.63) is 17.8 Å². The number of amides is 1. The third-order valence-corrected chi connectivity index (χ3v) is 6.79. The molecule has 1 aromatic heterocycles. The molecule has 3 rings (SSSR count). The lowest BCUT2D eigenvalue weighted by atomic mass is 10.00. The molecule has 7 nitrogen and oxygen atoms in total. The highest BCUT2D eigenvalue weighted by atomic mass is 32.2. The predicted molar refractivity (Wildman–Crippen MR) is 75.7 cm³/mol. The van der Waals surface area contributed by atoms with Crippen LogP contribution in [0.1, 0.15) is 16.2 Å². The fourth-order valence-corrected chi connectivity index (χ4v) is 5.87. The highest BCUT2D eigenvalue weighted by Crippen LogP contribution is 2.36. The average molecular weight is 313 g/mol. The summed E-state index contributed by atoms with van der Waals surface area (Å²) < 4.78 is 29.6. The molecule has 21 heavy (non-hydrogen) atoms. The molecule has 2 fully saturated rings. The zero-order chi connectivity index (χ0) is 15.4. The number of likely N-dealkylation sites (tertiary alicyclic amines) is 1. The van der Waals surface area contributed by atoms with Gasteiger partial charge in [0.25, 0.3) is 5.91 Å². The monoisotopic (exact) mass is 313 g/mol. The van der Waals surface area contributed by atoms with Gasteiger partial charge in [0.2, 0.25) is 0 Å². The lowest BCUT2D eigenvalue weighted by molar-refractivity contribution is 0.0772. The van der Waals surface area contributed by atoms with Crippen LogP contribution in [0, 0.1) is 12.8 Å². The molecule has 0 radical (unpaired) electrons. The third kappa shape index (κ3) is 2.26. The first-order chi connectivity index (χ1) is 9.81. The molecule has 0 spiro atoms. The van der Waals surface area contributed by atoms with Crippen molar-refractivity contribution >= 4 is 15.7 Å². The smallest absolute Gasteiger partial charge is 0.276 e. The van der Waals surface area contributed by atoms with E-state index in [9.17, 15) is 13.2 Å². The Kier molecular flexibility index (Phi) is 3.32. The molecule has 1 aromatic rings. The molecule has 8 heteroatoms. The predicted octanol–water partition coefficient (Wildman–Crippen LogP) is -0.218. The Morgan fingerprint density at radius 3 is 2.71 bits per heavy atom. The van der Waals surface area contributed by atoms with Crippen molar-refractivity contribution in [1.29, 1.82) is 0 Å². The minimum atomic E-state index is -3.14. The summed E-state index contributed by atoms with van der Waals surface area (Å²) in [5, 5.41) is -0.457. The van der Waals surface area contributed by atoms with E-state index in [2.05, 4.69) is 4.98 Å². The molecule has 3 heterocycles. The van der Waals surface area contributed by atoms with E-state index in [-0.39, 0.29) is 35.9 Å². The Hall–Kier alpha value is -1.41. The largest absolute Gasteiger partial charge is 0.448 e. The lowest BCUT2D eigenvalue weighted by Crippen LogP contribution is -2.38. The highest BCUT2D eigenvalue weighted by molar-refractivity contribution is 7.92. The molecule has 2 aliphatic heterocycles. The van der Waals surface area contributed by atoms with Crippen molar-refractivity contribution in [1.82, 2.24) is 14.8 Å². The highest BCUT2D eigenvalue weighted by Gasteiger charge is 2.53. The Morgan fingerprint density at radius 1 is 1.43 bits per heavy atom. The number of sulfone groups is 1. The number of hydrogen-bond donors (Lipinski definition) is 0. The summed E-state index contributed by atoms with van der Waals surface area (Å²) in [5.41, 5.74) is 0.272. The molecule has 2 aliphatic rings. The van der Waals surface area contributed by atoms with Crippen LogP contribution in [0.25, 0.3) is 0 Å². The maximum Gasteiger partial charge on any atom is 0.276 e. The number of carbonyl (C=O) groups excluding carboxylic acids is 1. The summed E-state index contributed by atoms with van der Waals surface area (Å²) in [6.07, 6.45) is 1.23. The first-order valence-corrected chi connectivity index (χ1v) is 8.60. The van der Waals surface area contributed by atoms with Gasteiger partial charge in [0.1, 0.15) is 5.76 Å². The zero-order valence-electron chi connectivity index (χ0n) is 12.3. The average Bonchev–Trinajstić information content (AvgIpc) is 3.05. The van der Waals surface area contributed by atoms with Crippen LogP contribution in [-0.4, -0.2) is 73.3 Å². The van der Waals surface area contributed by atoms with E-state index in [1.54, 1.807) is 11.8 Å². The molecule has 0 bridgehead atoms. The first-order valence-electron chi connectivity index (χ1n) is 6.88. The van der Waals surface area contributed by atoms with Crippen LogP contribution >= 0.6 is 0 Å². The van der Waals surface area contributed by atoms with Gasteiger partial charge in [0.15, 0.2) is 21.9 Å². The molecular formula is C13H19N3O4S. The number of nitrogens with zero attached hydrogens (tertiary/aromatic N) is 3. The molecule has 0 N–H and O–H groups in total. The standard InChI is InChI=1S/C13H19N3O4S/c1-8-12(14-7-20-8)13(17)16-4-9-10(15(2)3)6-21(18,19)11(9)5-16/h7,9-11H,4-6H2,1-3H3/t9-,10+,11-/m0/s1. The number of oxazole rings is 1. The van der Waals surface area contributed by atoms with Gasteiger partial charge in [-0.15, -0.1) is 0 Å². The van der Waals surface area contributed by atoms with Gasteiger partial charge in [0, 0.05) is 25.0 Å². The van der Waals surface area contributed by atoms with Crippen molar-refractivity contribution < 1.29 is 17.6 Å². The van der Waals surface area contributed by atoms with Crippen molar-refractivity contribution in [2.24, 2.45) is 5.92 Å². The summed E-state index contributed by atoms with van der Waals surface area (Å²) in [6.45, 7) is 2.39. The summed E-state index contributed by atoms with van der Waals surface area (Å²) in [5.74, 6) is 0.369. The van der Waals surface area contributed by atoms with Crippen LogP contribution in [0.3, 0.4) is 0 Å².